The molecule has 3 aromatic rings. The van der Waals surface area contributed by atoms with E-state index in [2.05, 4.69) is 10.2 Å². The van der Waals surface area contributed by atoms with E-state index in [0.717, 1.165) is 17.3 Å². The molecule has 0 aliphatic rings. The van der Waals surface area contributed by atoms with Crippen molar-refractivity contribution in [2.45, 2.75) is 17.9 Å². The van der Waals surface area contributed by atoms with Gasteiger partial charge in [-0.15, -0.1) is 22.0 Å². The van der Waals surface area contributed by atoms with Gasteiger partial charge in [-0.25, -0.2) is 4.39 Å². The number of halogens is 1. The fourth-order valence-electron chi connectivity index (χ4n) is 2.23. The number of ether oxygens (including phenoxy) is 2. The second-order valence-corrected chi connectivity index (χ2v) is 6.54. The maximum Gasteiger partial charge on any atom is 0.317 e. The van der Waals surface area contributed by atoms with Gasteiger partial charge >= 0.3 is 5.97 Å². The van der Waals surface area contributed by atoms with Crippen LogP contribution in [0.2, 0.25) is 0 Å². The quantitative estimate of drug-likeness (QED) is 0.442. The fraction of sp³-hybridized carbons (Fsp3) is 0.211. The normalized spacial score (nSPS) is 11.8. The Kier molecular flexibility index (Phi) is 6.08. The van der Waals surface area contributed by atoms with Crippen molar-refractivity contribution in [2.75, 3.05) is 12.9 Å². The molecule has 140 valence electrons. The van der Waals surface area contributed by atoms with Gasteiger partial charge in [-0.1, -0.05) is 12.1 Å². The van der Waals surface area contributed by atoms with Crippen LogP contribution in [0.5, 0.6) is 5.75 Å². The molecule has 0 aliphatic carbocycles. The molecule has 0 saturated carbocycles. The lowest BCUT2D eigenvalue weighted by atomic mass is 10.2. The minimum Gasteiger partial charge on any atom is -0.497 e. The molecule has 0 aliphatic heterocycles. The van der Waals surface area contributed by atoms with Crippen molar-refractivity contribution < 1.29 is 23.1 Å². The molecular weight excluding hydrogens is 371 g/mol. The Balaban J connectivity index is 1.57. The number of aromatic nitrogens is 2. The van der Waals surface area contributed by atoms with E-state index in [1.54, 1.807) is 56.5 Å². The van der Waals surface area contributed by atoms with E-state index in [1.807, 2.05) is 0 Å². The van der Waals surface area contributed by atoms with Crippen molar-refractivity contribution in [1.29, 1.82) is 0 Å². The van der Waals surface area contributed by atoms with Gasteiger partial charge in [-0.2, -0.15) is 0 Å². The average Bonchev–Trinajstić information content (AvgIpc) is 3.18. The van der Waals surface area contributed by atoms with Gasteiger partial charge in [0.2, 0.25) is 5.89 Å². The van der Waals surface area contributed by atoms with Crippen molar-refractivity contribution in [3.8, 4) is 17.2 Å². The Morgan fingerprint density at radius 1 is 1.19 bits per heavy atom. The molecule has 27 heavy (non-hydrogen) atoms. The monoisotopic (exact) mass is 388 g/mol. The Hall–Kier alpha value is -2.87. The molecule has 0 radical (unpaired) electrons. The maximum absolute atomic E-state index is 13.6. The van der Waals surface area contributed by atoms with Crippen LogP contribution in [0.4, 0.5) is 4.39 Å². The summed E-state index contributed by atoms with van der Waals surface area (Å²) in [6, 6.07) is 13.4. The number of esters is 1. The third-order valence-corrected chi connectivity index (χ3v) is 4.64. The van der Waals surface area contributed by atoms with E-state index in [1.165, 1.54) is 6.07 Å². The third-order valence-electron chi connectivity index (χ3n) is 3.62. The van der Waals surface area contributed by atoms with Gasteiger partial charge in [-0.05, 0) is 43.3 Å². The molecule has 8 heteroatoms. The summed E-state index contributed by atoms with van der Waals surface area (Å²) in [5.41, 5.74) is 0.725. The summed E-state index contributed by atoms with van der Waals surface area (Å²) in [7, 11) is 1.58. The van der Waals surface area contributed by atoms with Gasteiger partial charge in [0, 0.05) is 10.5 Å². The highest BCUT2D eigenvalue weighted by Gasteiger charge is 2.19. The largest absolute Gasteiger partial charge is 0.497 e. The van der Waals surface area contributed by atoms with Crippen LogP contribution >= 0.6 is 11.8 Å². The van der Waals surface area contributed by atoms with Crippen LogP contribution in [-0.2, 0) is 9.53 Å². The summed E-state index contributed by atoms with van der Waals surface area (Å²) in [5.74, 6) is 0.323. The van der Waals surface area contributed by atoms with E-state index in [-0.39, 0.29) is 17.5 Å². The molecule has 1 heterocycles. The van der Waals surface area contributed by atoms with Crippen LogP contribution in [0.15, 0.2) is 57.8 Å². The molecule has 0 fully saturated rings. The number of hydrogen-bond acceptors (Lipinski definition) is 7. The van der Waals surface area contributed by atoms with E-state index < -0.39 is 12.1 Å². The van der Waals surface area contributed by atoms with Crippen molar-refractivity contribution in [2.24, 2.45) is 0 Å². The summed E-state index contributed by atoms with van der Waals surface area (Å²) in [6.07, 6.45) is -0.710. The van der Waals surface area contributed by atoms with E-state index in [4.69, 9.17) is 13.9 Å². The summed E-state index contributed by atoms with van der Waals surface area (Å²) in [5, 5.41) is 7.90. The zero-order valence-corrected chi connectivity index (χ0v) is 15.5. The number of carbonyl (C=O) groups is 1. The first-order valence-corrected chi connectivity index (χ1v) is 9.10. The second-order valence-electron chi connectivity index (χ2n) is 5.53. The number of thioether (sulfide) groups is 1. The third kappa shape index (κ3) is 4.85. The highest BCUT2D eigenvalue weighted by atomic mass is 32.2. The van der Waals surface area contributed by atoms with Gasteiger partial charge in [0.1, 0.15) is 11.6 Å². The van der Waals surface area contributed by atoms with E-state index in [0.29, 0.717) is 16.5 Å². The summed E-state index contributed by atoms with van der Waals surface area (Å²) in [6.45, 7) is 1.64. The number of rotatable bonds is 7. The first-order chi connectivity index (χ1) is 13.1. The van der Waals surface area contributed by atoms with Gasteiger partial charge < -0.3 is 13.9 Å². The van der Waals surface area contributed by atoms with Crippen LogP contribution in [0.25, 0.3) is 11.5 Å². The number of methoxy groups -OCH3 is 1. The standard InChI is InChI=1S/C19H17FN2O4S/c1-12(25-17(23)11-27-16-6-4-3-5-15(16)20)18-21-22-19(26-18)13-7-9-14(24-2)10-8-13/h3-10,12H,11H2,1-2H3/t12-/m1/s1. The van der Waals surface area contributed by atoms with Crippen LogP contribution in [0.1, 0.15) is 18.9 Å². The molecule has 6 nitrogen and oxygen atoms in total. The molecule has 0 N–H and O–H groups in total. The van der Waals surface area contributed by atoms with Crippen LogP contribution in [0.3, 0.4) is 0 Å². The highest BCUT2D eigenvalue weighted by molar-refractivity contribution is 8.00. The van der Waals surface area contributed by atoms with Gasteiger partial charge in [-0.3, -0.25) is 4.79 Å². The van der Waals surface area contributed by atoms with Crippen LogP contribution in [-0.4, -0.2) is 29.0 Å². The lowest BCUT2D eigenvalue weighted by molar-refractivity contribution is -0.146. The first-order valence-electron chi connectivity index (χ1n) is 8.11. The molecule has 0 amide bonds. The smallest absolute Gasteiger partial charge is 0.317 e. The Morgan fingerprint density at radius 3 is 2.63 bits per heavy atom. The Labute approximate surface area is 159 Å². The van der Waals surface area contributed by atoms with Gasteiger partial charge in [0.05, 0.1) is 12.9 Å². The Bertz CT molecular complexity index is 914. The highest BCUT2D eigenvalue weighted by Crippen LogP contribution is 2.25. The molecular formula is C19H17FN2O4S. The van der Waals surface area contributed by atoms with Crippen LogP contribution < -0.4 is 4.74 Å². The first kappa shape index (κ1) is 18.9. The average molecular weight is 388 g/mol. The molecule has 0 spiro atoms. The molecule has 0 saturated heterocycles. The minimum absolute atomic E-state index is 0.0231. The summed E-state index contributed by atoms with van der Waals surface area (Å²) >= 11 is 1.07. The molecule has 1 atom stereocenters. The minimum atomic E-state index is -0.710. The molecule has 1 aromatic heterocycles. The fourth-order valence-corrected chi connectivity index (χ4v) is 2.95. The topological polar surface area (TPSA) is 74.5 Å². The molecule has 3 rings (SSSR count). The number of benzene rings is 2. The molecule has 0 bridgehead atoms. The van der Waals surface area contributed by atoms with Crippen molar-refractivity contribution in [3.63, 3.8) is 0 Å². The number of nitrogens with zero attached hydrogens (tertiary/aromatic N) is 2. The Morgan fingerprint density at radius 2 is 1.93 bits per heavy atom. The number of carbonyl (C=O) groups excluding carboxylic acids is 1. The maximum atomic E-state index is 13.6. The SMILES string of the molecule is COc1ccc(-c2nnc([C@@H](C)OC(=O)CSc3ccccc3F)o2)cc1. The molecule has 2 aromatic carbocycles. The predicted molar refractivity (Wildman–Crippen MR) is 97.9 cm³/mol. The van der Waals surface area contributed by atoms with Crippen molar-refractivity contribution in [1.82, 2.24) is 10.2 Å². The zero-order chi connectivity index (χ0) is 19.2. The van der Waals surface area contributed by atoms with Gasteiger partial charge in [0.15, 0.2) is 6.10 Å². The van der Waals surface area contributed by atoms with Crippen molar-refractivity contribution >= 4 is 17.7 Å². The lowest BCUT2D eigenvalue weighted by Crippen LogP contribution is -2.11. The summed E-state index contributed by atoms with van der Waals surface area (Å²) < 4.78 is 29.5. The lowest BCUT2D eigenvalue weighted by Gasteiger charge is -2.09. The zero-order valence-electron chi connectivity index (χ0n) is 14.7. The van der Waals surface area contributed by atoms with Crippen molar-refractivity contribution in [3.05, 3.63) is 60.2 Å². The molecule has 0 unspecified atom stereocenters. The van der Waals surface area contributed by atoms with Gasteiger partial charge in [0.25, 0.3) is 5.89 Å². The number of hydrogen-bond donors (Lipinski definition) is 0. The van der Waals surface area contributed by atoms with Crippen LogP contribution in [0, 0.1) is 5.82 Å². The second kappa shape index (κ2) is 8.68. The van der Waals surface area contributed by atoms with E-state index in [9.17, 15) is 9.18 Å². The predicted octanol–water partition coefficient (Wildman–Crippen LogP) is 4.28. The van der Waals surface area contributed by atoms with E-state index >= 15 is 0 Å². The summed E-state index contributed by atoms with van der Waals surface area (Å²) in [4.78, 5) is 12.4.